The molecule has 3 aromatic rings. The Labute approximate surface area is 187 Å². The normalized spacial score (nSPS) is 16.2. The molecule has 166 valence electrons. The number of nitrogens with zero attached hydrogens (tertiary/aromatic N) is 1. The minimum atomic E-state index is -3.55. The van der Waals surface area contributed by atoms with Crippen LogP contribution in [0, 0.1) is 0 Å². The lowest BCUT2D eigenvalue weighted by atomic mass is 10.0. The quantitative estimate of drug-likeness (QED) is 0.602. The lowest BCUT2D eigenvalue weighted by molar-refractivity contribution is -0.114. The number of nitrogens with one attached hydrogen (secondary N) is 2. The highest BCUT2D eigenvalue weighted by Gasteiger charge is 2.26. The van der Waals surface area contributed by atoms with Gasteiger partial charge in [0.1, 0.15) is 0 Å². The Hall–Kier alpha value is -2.94. The maximum atomic E-state index is 12.7. The summed E-state index contributed by atoms with van der Waals surface area (Å²) >= 11 is 0. The SMILES string of the molecule is O=C(CNc1ccc2c3c(cccc13)CC2)Nc1ccc(S(=O)(=O)N2CCOCC2)cc1. The number of carbonyl (C=O) groups is 1. The molecule has 0 aromatic heterocycles. The van der Waals surface area contributed by atoms with Crippen LogP contribution in [0.15, 0.2) is 59.5 Å². The number of morpholine rings is 1. The molecule has 7 nitrogen and oxygen atoms in total. The van der Waals surface area contributed by atoms with Gasteiger partial charge in [-0.2, -0.15) is 4.31 Å². The molecule has 3 aromatic carbocycles. The van der Waals surface area contributed by atoms with E-state index in [2.05, 4.69) is 34.9 Å². The first-order valence-corrected chi connectivity index (χ1v) is 12.2. The molecule has 2 N–H and O–H groups in total. The fourth-order valence-electron chi connectivity index (χ4n) is 4.43. The maximum Gasteiger partial charge on any atom is 0.243 e. The van der Waals surface area contributed by atoms with Gasteiger partial charge >= 0.3 is 0 Å². The van der Waals surface area contributed by atoms with Crippen LogP contribution in [0.3, 0.4) is 0 Å². The van der Waals surface area contributed by atoms with E-state index in [-0.39, 0.29) is 17.3 Å². The van der Waals surface area contributed by atoms with Gasteiger partial charge in [-0.25, -0.2) is 8.42 Å². The third kappa shape index (κ3) is 3.97. The summed E-state index contributed by atoms with van der Waals surface area (Å²) < 4.78 is 32.1. The predicted molar refractivity (Wildman–Crippen MR) is 124 cm³/mol. The van der Waals surface area contributed by atoms with Crippen LogP contribution in [0.5, 0.6) is 0 Å². The largest absolute Gasteiger partial charge is 0.379 e. The van der Waals surface area contributed by atoms with Crippen molar-refractivity contribution in [2.45, 2.75) is 17.7 Å². The van der Waals surface area contributed by atoms with Crippen LogP contribution in [-0.4, -0.2) is 51.5 Å². The monoisotopic (exact) mass is 451 g/mol. The van der Waals surface area contributed by atoms with E-state index >= 15 is 0 Å². The number of ether oxygens (including phenoxy) is 1. The molecule has 1 aliphatic heterocycles. The van der Waals surface area contributed by atoms with Gasteiger partial charge < -0.3 is 15.4 Å². The van der Waals surface area contributed by atoms with E-state index in [1.807, 2.05) is 6.07 Å². The van der Waals surface area contributed by atoms with Gasteiger partial charge in [-0.3, -0.25) is 4.79 Å². The van der Waals surface area contributed by atoms with Crippen LogP contribution in [0.2, 0.25) is 0 Å². The summed E-state index contributed by atoms with van der Waals surface area (Å²) in [4.78, 5) is 12.7. The third-order valence-electron chi connectivity index (χ3n) is 6.06. The highest BCUT2D eigenvalue weighted by molar-refractivity contribution is 7.89. The van der Waals surface area contributed by atoms with Gasteiger partial charge in [-0.05, 0) is 59.7 Å². The molecule has 1 fully saturated rings. The van der Waals surface area contributed by atoms with Gasteiger partial charge in [0.25, 0.3) is 0 Å². The Kier molecular flexibility index (Phi) is 5.58. The first kappa shape index (κ1) is 20.9. The molecule has 1 amide bonds. The predicted octanol–water partition coefficient (Wildman–Crippen LogP) is 3.01. The van der Waals surface area contributed by atoms with Gasteiger partial charge in [0, 0.05) is 29.9 Å². The minimum Gasteiger partial charge on any atom is -0.379 e. The van der Waals surface area contributed by atoms with Crippen LogP contribution in [0.25, 0.3) is 10.8 Å². The molecule has 1 aliphatic carbocycles. The van der Waals surface area contributed by atoms with Gasteiger partial charge in [-0.15, -0.1) is 0 Å². The van der Waals surface area contributed by atoms with Crippen molar-refractivity contribution in [1.29, 1.82) is 0 Å². The van der Waals surface area contributed by atoms with E-state index in [0.717, 1.165) is 23.9 Å². The van der Waals surface area contributed by atoms with E-state index in [0.29, 0.717) is 32.0 Å². The number of benzene rings is 3. The smallest absolute Gasteiger partial charge is 0.243 e. The number of anilines is 2. The highest BCUT2D eigenvalue weighted by atomic mass is 32.2. The zero-order valence-corrected chi connectivity index (χ0v) is 18.5. The number of hydrogen-bond acceptors (Lipinski definition) is 5. The van der Waals surface area contributed by atoms with E-state index in [9.17, 15) is 13.2 Å². The number of hydrogen-bond donors (Lipinski definition) is 2. The highest BCUT2D eigenvalue weighted by Crippen LogP contribution is 2.34. The summed E-state index contributed by atoms with van der Waals surface area (Å²) in [6.07, 6.45) is 2.13. The van der Waals surface area contributed by atoms with E-state index in [1.54, 1.807) is 12.1 Å². The first-order valence-electron chi connectivity index (χ1n) is 10.8. The Bertz CT molecular complexity index is 1260. The van der Waals surface area contributed by atoms with E-state index in [1.165, 1.54) is 33.0 Å². The molecule has 0 spiro atoms. The summed E-state index contributed by atoms with van der Waals surface area (Å²) in [6.45, 7) is 1.62. The summed E-state index contributed by atoms with van der Waals surface area (Å²) in [6, 6.07) is 16.8. The Morgan fingerprint density at radius 2 is 1.66 bits per heavy atom. The van der Waals surface area contributed by atoms with Crippen LogP contribution in [0.4, 0.5) is 11.4 Å². The second kappa shape index (κ2) is 8.54. The molecule has 0 atom stereocenters. The lowest BCUT2D eigenvalue weighted by Gasteiger charge is -2.26. The van der Waals surface area contributed by atoms with Crippen LogP contribution in [0.1, 0.15) is 11.1 Å². The fraction of sp³-hybridized carbons (Fsp3) is 0.292. The van der Waals surface area contributed by atoms with Crippen molar-refractivity contribution in [3.63, 3.8) is 0 Å². The topological polar surface area (TPSA) is 87.7 Å². The molecule has 32 heavy (non-hydrogen) atoms. The average Bonchev–Trinajstić information content (AvgIpc) is 3.24. The minimum absolute atomic E-state index is 0.118. The van der Waals surface area contributed by atoms with Crippen LogP contribution >= 0.6 is 0 Å². The number of rotatable bonds is 6. The van der Waals surface area contributed by atoms with Gasteiger partial charge in [0.15, 0.2) is 0 Å². The van der Waals surface area contributed by atoms with Crippen molar-refractivity contribution >= 4 is 38.1 Å². The van der Waals surface area contributed by atoms with Gasteiger partial charge in [0.05, 0.1) is 24.7 Å². The Morgan fingerprint density at radius 1 is 0.938 bits per heavy atom. The second-order valence-corrected chi connectivity index (χ2v) is 9.99. The number of carbonyl (C=O) groups excluding carboxylic acids is 1. The molecule has 0 saturated carbocycles. The zero-order chi connectivity index (χ0) is 22.1. The maximum absolute atomic E-state index is 12.7. The van der Waals surface area contributed by atoms with Gasteiger partial charge in [0.2, 0.25) is 15.9 Å². The summed E-state index contributed by atoms with van der Waals surface area (Å²) in [5.74, 6) is -0.197. The number of amides is 1. The van der Waals surface area contributed by atoms with Gasteiger partial charge in [-0.1, -0.05) is 24.3 Å². The molecule has 2 aliphatic rings. The lowest BCUT2D eigenvalue weighted by Crippen LogP contribution is -2.40. The van der Waals surface area contributed by atoms with Crippen molar-refractivity contribution in [2.24, 2.45) is 0 Å². The standard InChI is InChI=1S/C24H25N3O4S/c28-23(16-25-22-11-6-18-5-4-17-2-1-3-21(22)24(17)18)26-19-7-9-20(10-8-19)32(29,30)27-12-14-31-15-13-27/h1-3,6-11,25H,4-5,12-16H2,(H,26,28). The van der Waals surface area contributed by atoms with Crippen LogP contribution in [-0.2, 0) is 32.4 Å². The zero-order valence-electron chi connectivity index (χ0n) is 17.6. The molecule has 8 heteroatoms. The molecule has 0 radical (unpaired) electrons. The molecule has 0 unspecified atom stereocenters. The molecule has 5 rings (SSSR count). The van der Waals surface area contributed by atoms with E-state index < -0.39 is 10.0 Å². The van der Waals surface area contributed by atoms with E-state index in [4.69, 9.17) is 4.74 Å². The van der Waals surface area contributed by atoms with Crippen molar-refractivity contribution in [1.82, 2.24) is 4.31 Å². The molecule has 0 bridgehead atoms. The fourth-order valence-corrected chi connectivity index (χ4v) is 5.84. The average molecular weight is 452 g/mol. The molecular formula is C24H25N3O4S. The summed E-state index contributed by atoms with van der Waals surface area (Å²) in [5, 5.41) is 8.51. The van der Waals surface area contributed by atoms with Crippen LogP contribution < -0.4 is 10.6 Å². The second-order valence-electron chi connectivity index (χ2n) is 8.05. The molecule has 1 heterocycles. The molecular weight excluding hydrogens is 426 g/mol. The van der Waals surface area contributed by atoms with Crippen molar-refractivity contribution in [3.05, 3.63) is 65.7 Å². The first-order chi connectivity index (χ1) is 15.5. The van der Waals surface area contributed by atoms with Crippen molar-refractivity contribution in [2.75, 3.05) is 43.5 Å². The Morgan fingerprint density at radius 3 is 2.41 bits per heavy atom. The van der Waals surface area contributed by atoms with Crippen molar-refractivity contribution in [3.8, 4) is 0 Å². The molecule has 1 saturated heterocycles. The summed E-state index contributed by atoms with van der Waals surface area (Å²) in [7, 11) is -3.55. The third-order valence-corrected chi connectivity index (χ3v) is 7.98. The van der Waals surface area contributed by atoms with Crippen molar-refractivity contribution < 1.29 is 17.9 Å². The summed E-state index contributed by atoms with van der Waals surface area (Å²) in [5.41, 5.74) is 4.21. The number of sulfonamides is 1. The Balaban J connectivity index is 1.23. The number of aryl methyl sites for hydroxylation is 2.